The van der Waals surface area contributed by atoms with E-state index in [0.717, 1.165) is 0 Å². The zero-order valence-electron chi connectivity index (χ0n) is 11.3. The number of halogens is 3. The summed E-state index contributed by atoms with van der Waals surface area (Å²) in [6.07, 6.45) is -4.51. The molecule has 1 aromatic rings. The van der Waals surface area contributed by atoms with Gasteiger partial charge in [-0.25, -0.2) is 0 Å². The van der Waals surface area contributed by atoms with Gasteiger partial charge in [0.2, 0.25) is 0 Å². The second-order valence-electron chi connectivity index (χ2n) is 4.11. The first kappa shape index (κ1) is 16.9. The van der Waals surface area contributed by atoms with E-state index in [2.05, 4.69) is 10.1 Å². The molecule has 1 rings (SSSR count). The fraction of sp³-hybridized carbons (Fsp3) is 0.214. The number of rotatable bonds is 4. The lowest BCUT2D eigenvalue weighted by atomic mass is 10.2. The topological polar surface area (TPSA) is 92.6 Å². The molecule has 5 nitrogen and oxygen atoms in total. The van der Waals surface area contributed by atoms with Crippen LogP contribution in [-0.4, -0.2) is 12.8 Å². The Labute approximate surface area is 124 Å². The van der Waals surface area contributed by atoms with Crippen molar-refractivity contribution in [2.24, 2.45) is 0 Å². The monoisotopic (exact) mass is 306 g/mol. The van der Waals surface area contributed by atoms with Gasteiger partial charge in [0.25, 0.3) is 0 Å². The van der Waals surface area contributed by atoms with Gasteiger partial charge in [-0.1, -0.05) is 6.07 Å². The average molecular weight is 306 g/mol. The number of hydrogen-bond acceptors (Lipinski definition) is 5. The molecule has 0 bridgehead atoms. The van der Waals surface area contributed by atoms with Crippen molar-refractivity contribution in [2.75, 3.05) is 11.9 Å². The molecule has 0 saturated carbocycles. The van der Waals surface area contributed by atoms with Crippen molar-refractivity contribution < 1.29 is 17.9 Å². The van der Waals surface area contributed by atoms with Crippen LogP contribution in [0.25, 0.3) is 0 Å². The van der Waals surface area contributed by atoms with Crippen LogP contribution in [0.4, 0.5) is 18.9 Å². The smallest absolute Gasteiger partial charge is 0.422 e. The van der Waals surface area contributed by atoms with E-state index >= 15 is 0 Å². The number of ether oxygens (including phenoxy) is 1. The van der Waals surface area contributed by atoms with Crippen molar-refractivity contribution in [2.45, 2.75) is 13.1 Å². The van der Waals surface area contributed by atoms with Crippen LogP contribution in [0.1, 0.15) is 5.56 Å². The number of nitrogens with zero attached hydrogens (tertiary/aromatic N) is 3. The van der Waals surface area contributed by atoms with Crippen LogP contribution in [0.5, 0.6) is 5.75 Å². The molecule has 8 heteroatoms. The van der Waals surface area contributed by atoms with Gasteiger partial charge in [-0.2, -0.15) is 29.0 Å². The minimum absolute atomic E-state index is 0.0504. The zero-order chi connectivity index (χ0) is 16.8. The highest BCUT2D eigenvalue weighted by Gasteiger charge is 2.29. The molecule has 0 spiro atoms. The Morgan fingerprint density at radius 3 is 2.32 bits per heavy atom. The van der Waals surface area contributed by atoms with Gasteiger partial charge < -0.3 is 10.1 Å². The largest absolute Gasteiger partial charge is 0.482 e. The molecule has 0 aliphatic rings. The van der Waals surface area contributed by atoms with Crippen molar-refractivity contribution in [1.29, 1.82) is 15.8 Å². The van der Waals surface area contributed by atoms with Crippen molar-refractivity contribution in [3.63, 3.8) is 0 Å². The van der Waals surface area contributed by atoms with Gasteiger partial charge in [-0.3, -0.25) is 0 Å². The average Bonchev–Trinajstić information content (AvgIpc) is 2.46. The van der Waals surface area contributed by atoms with E-state index in [4.69, 9.17) is 15.8 Å². The van der Waals surface area contributed by atoms with Crippen molar-refractivity contribution in [3.05, 3.63) is 35.0 Å². The predicted molar refractivity (Wildman–Crippen MR) is 70.2 cm³/mol. The molecule has 0 heterocycles. The number of nitriles is 3. The van der Waals surface area contributed by atoms with Crippen LogP contribution >= 0.6 is 0 Å². The Morgan fingerprint density at radius 2 is 1.82 bits per heavy atom. The van der Waals surface area contributed by atoms with E-state index in [1.165, 1.54) is 24.3 Å². The van der Waals surface area contributed by atoms with Gasteiger partial charge in [0.1, 0.15) is 29.7 Å². The Hall–Kier alpha value is -3.18. The maximum atomic E-state index is 12.2. The molecule has 0 amide bonds. The van der Waals surface area contributed by atoms with Crippen LogP contribution < -0.4 is 10.1 Å². The number of anilines is 1. The molecule has 0 radical (unpaired) electrons. The zero-order valence-corrected chi connectivity index (χ0v) is 11.3. The SMILES string of the molecule is Cc1ccc(NC(C#N)=C(C#N)C#N)c(OCC(F)(F)F)c1. The van der Waals surface area contributed by atoms with E-state index in [9.17, 15) is 13.2 Å². The first-order chi connectivity index (χ1) is 10.3. The Morgan fingerprint density at radius 1 is 1.18 bits per heavy atom. The van der Waals surface area contributed by atoms with Gasteiger partial charge in [0, 0.05) is 0 Å². The molecule has 112 valence electrons. The number of benzene rings is 1. The molecule has 0 aromatic heterocycles. The van der Waals surface area contributed by atoms with Gasteiger partial charge in [0.15, 0.2) is 12.2 Å². The summed E-state index contributed by atoms with van der Waals surface area (Å²) >= 11 is 0. The van der Waals surface area contributed by atoms with Crippen molar-refractivity contribution >= 4 is 5.69 Å². The normalized spacial score (nSPS) is 9.86. The lowest BCUT2D eigenvalue weighted by molar-refractivity contribution is -0.153. The third-order valence-electron chi connectivity index (χ3n) is 2.37. The number of aryl methyl sites for hydroxylation is 1. The Kier molecular flexibility index (Phi) is 5.38. The van der Waals surface area contributed by atoms with Crippen molar-refractivity contribution in [3.8, 4) is 24.0 Å². The second-order valence-corrected chi connectivity index (χ2v) is 4.11. The van der Waals surface area contributed by atoms with Crippen LogP contribution in [0.15, 0.2) is 29.5 Å². The van der Waals surface area contributed by atoms with Gasteiger partial charge in [-0.05, 0) is 24.6 Å². The summed E-state index contributed by atoms with van der Waals surface area (Å²) in [6.45, 7) is 0.154. The summed E-state index contributed by atoms with van der Waals surface area (Å²) in [5, 5.41) is 28.8. The predicted octanol–water partition coefficient (Wildman–Crippen LogP) is 3.17. The number of nitrogens with one attached hydrogen (secondary N) is 1. The van der Waals surface area contributed by atoms with E-state index in [1.807, 2.05) is 0 Å². The second kappa shape index (κ2) is 7.01. The Bertz CT molecular complexity index is 702. The summed E-state index contributed by atoms with van der Waals surface area (Å²) in [4.78, 5) is 0. The summed E-state index contributed by atoms with van der Waals surface area (Å²) < 4.78 is 41.4. The fourth-order valence-corrected chi connectivity index (χ4v) is 1.43. The molecule has 1 aromatic carbocycles. The lowest BCUT2D eigenvalue weighted by Crippen LogP contribution is -2.19. The third kappa shape index (κ3) is 4.73. The molecular weight excluding hydrogens is 297 g/mol. The summed E-state index contributed by atoms with van der Waals surface area (Å²) in [5.74, 6) is -0.139. The fourth-order valence-electron chi connectivity index (χ4n) is 1.43. The quantitative estimate of drug-likeness (QED) is 0.862. The standard InChI is InChI=1S/C14H9F3N4O/c1-9-2-3-11(13(4-9)22-8-14(15,16)17)21-12(7-20)10(5-18)6-19/h2-4,21H,8H2,1H3. The van der Waals surface area contributed by atoms with Crippen molar-refractivity contribution in [1.82, 2.24) is 0 Å². The van der Waals surface area contributed by atoms with E-state index in [-0.39, 0.29) is 17.1 Å². The minimum atomic E-state index is -4.51. The summed E-state index contributed by atoms with van der Waals surface area (Å²) in [6, 6.07) is 8.98. The van der Waals surface area contributed by atoms with Gasteiger partial charge in [0.05, 0.1) is 5.69 Å². The highest BCUT2D eigenvalue weighted by atomic mass is 19.4. The molecule has 0 unspecified atom stereocenters. The maximum absolute atomic E-state index is 12.2. The van der Waals surface area contributed by atoms with Crippen LogP contribution in [-0.2, 0) is 0 Å². The first-order valence-electron chi connectivity index (χ1n) is 5.82. The molecule has 0 saturated heterocycles. The third-order valence-corrected chi connectivity index (χ3v) is 2.37. The molecule has 0 fully saturated rings. The van der Waals surface area contributed by atoms with Crippen LogP contribution in [0.2, 0.25) is 0 Å². The van der Waals surface area contributed by atoms with E-state index in [1.54, 1.807) is 19.1 Å². The number of allylic oxidation sites excluding steroid dienone is 2. The number of hydrogen-bond donors (Lipinski definition) is 1. The van der Waals surface area contributed by atoms with E-state index in [0.29, 0.717) is 5.56 Å². The molecule has 1 N–H and O–H groups in total. The maximum Gasteiger partial charge on any atom is 0.422 e. The summed E-state index contributed by atoms with van der Waals surface area (Å²) in [7, 11) is 0. The Balaban J connectivity index is 3.16. The van der Waals surface area contributed by atoms with Gasteiger partial charge >= 0.3 is 6.18 Å². The summed E-state index contributed by atoms with van der Waals surface area (Å²) in [5.41, 5.74) is -0.157. The lowest BCUT2D eigenvalue weighted by Gasteiger charge is -2.14. The molecular formula is C14H9F3N4O. The number of alkyl halides is 3. The minimum Gasteiger partial charge on any atom is -0.482 e. The molecule has 22 heavy (non-hydrogen) atoms. The molecule has 0 aliphatic carbocycles. The first-order valence-corrected chi connectivity index (χ1v) is 5.82. The van der Waals surface area contributed by atoms with E-state index < -0.39 is 18.4 Å². The molecule has 0 atom stereocenters. The van der Waals surface area contributed by atoms with Crippen LogP contribution in [0, 0.1) is 40.9 Å². The van der Waals surface area contributed by atoms with Crippen LogP contribution in [0.3, 0.4) is 0 Å². The van der Waals surface area contributed by atoms with Gasteiger partial charge in [-0.15, -0.1) is 0 Å². The molecule has 0 aliphatic heterocycles. The highest BCUT2D eigenvalue weighted by molar-refractivity contribution is 5.65. The highest BCUT2D eigenvalue weighted by Crippen LogP contribution is 2.29.